The summed E-state index contributed by atoms with van der Waals surface area (Å²) in [6.07, 6.45) is 1.01. The number of methoxy groups -OCH3 is 1. The van der Waals surface area contributed by atoms with Crippen molar-refractivity contribution in [3.05, 3.63) is 33.3 Å². The van der Waals surface area contributed by atoms with E-state index in [2.05, 4.69) is 20.3 Å². The SMILES string of the molecule is COC(=O)c1scc(C)c1NC(=S)N1CCCN(Cc2cc(C)on2)CC1. The van der Waals surface area contributed by atoms with E-state index < -0.39 is 0 Å². The maximum atomic E-state index is 11.9. The molecule has 7 nitrogen and oxygen atoms in total. The molecule has 2 aromatic heterocycles. The van der Waals surface area contributed by atoms with E-state index in [4.69, 9.17) is 21.5 Å². The molecule has 0 bridgehead atoms. The molecule has 0 atom stereocenters. The summed E-state index contributed by atoms with van der Waals surface area (Å²) in [5, 5.41) is 9.91. The summed E-state index contributed by atoms with van der Waals surface area (Å²) in [6, 6.07) is 1.97. The van der Waals surface area contributed by atoms with Crippen LogP contribution in [0.2, 0.25) is 0 Å². The average Bonchev–Trinajstić information content (AvgIpc) is 3.13. The lowest BCUT2D eigenvalue weighted by Gasteiger charge is -2.24. The Balaban J connectivity index is 1.60. The van der Waals surface area contributed by atoms with Gasteiger partial charge in [0.25, 0.3) is 0 Å². The van der Waals surface area contributed by atoms with Gasteiger partial charge in [-0.1, -0.05) is 5.16 Å². The third kappa shape index (κ3) is 4.85. The predicted molar refractivity (Wildman–Crippen MR) is 109 cm³/mol. The number of anilines is 1. The lowest BCUT2D eigenvalue weighted by molar-refractivity contribution is 0.0607. The van der Waals surface area contributed by atoms with E-state index in [0.717, 1.165) is 61.8 Å². The zero-order valence-electron chi connectivity index (χ0n) is 15.8. The average molecular weight is 409 g/mol. The predicted octanol–water partition coefficient (Wildman–Crippen LogP) is 3.04. The largest absolute Gasteiger partial charge is 0.465 e. The molecule has 2 aromatic rings. The summed E-state index contributed by atoms with van der Waals surface area (Å²) in [7, 11) is 1.39. The highest BCUT2D eigenvalue weighted by molar-refractivity contribution is 7.80. The number of ether oxygens (including phenoxy) is 1. The van der Waals surface area contributed by atoms with Gasteiger partial charge in [-0.15, -0.1) is 11.3 Å². The Bertz CT molecular complexity index is 817. The summed E-state index contributed by atoms with van der Waals surface area (Å²) in [5.41, 5.74) is 2.69. The van der Waals surface area contributed by atoms with Crippen LogP contribution in [-0.4, -0.2) is 59.3 Å². The van der Waals surface area contributed by atoms with Crippen molar-refractivity contribution in [2.45, 2.75) is 26.8 Å². The molecule has 146 valence electrons. The molecule has 0 amide bonds. The molecule has 0 spiro atoms. The smallest absolute Gasteiger partial charge is 0.350 e. The van der Waals surface area contributed by atoms with Crippen LogP contribution < -0.4 is 5.32 Å². The fourth-order valence-electron chi connectivity index (χ4n) is 3.08. The molecule has 3 rings (SSSR count). The minimum Gasteiger partial charge on any atom is -0.465 e. The topological polar surface area (TPSA) is 70.8 Å². The van der Waals surface area contributed by atoms with Gasteiger partial charge in [-0.2, -0.15) is 0 Å². The van der Waals surface area contributed by atoms with Gasteiger partial charge >= 0.3 is 5.97 Å². The van der Waals surface area contributed by atoms with Crippen LogP contribution in [0.5, 0.6) is 0 Å². The maximum absolute atomic E-state index is 11.9. The van der Waals surface area contributed by atoms with E-state index in [9.17, 15) is 4.79 Å². The summed E-state index contributed by atoms with van der Waals surface area (Å²) < 4.78 is 10.0. The standard InChI is InChI=1S/C18H24N4O3S2/c1-12-11-27-16(17(23)24-3)15(12)19-18(26)22-6-4-5-21(7-8-22)10-14-9-13(2)25-20-14/h9,11H,4-8,10H2,1-3H3,(H,19,26). The number of aryl methyl sites for hydroxylation is 2. The lowest BCUT2D eigenvalue weighted by atomic mass is 10.2. The number of rotatable bonds is 4. The third-order valence-corrected chi connectivity index (χ3v) is 5.95. The molecular weight excluding hydrogens is 384 g/mol. The lowest BCUT2D eigenvalue weighted by Crippen LogP contribution is -2.38. The fourth-order valence-corrected chi connectivity index (χ4v) is 4.29. The number of thiophene rings is 1. The van der Waals surface area contributed by atoms with Crippen molar-refractivity contribution >= 4 is 40.3 Å². The molecule has 1 aliphatic rings. The Hall–Kier alpha value is -1.97. The molecule has 1 aliphatic heterocycles. The number of carbonyl (C=O) groups excluding carboxylic acids is 1. The Morgan fingerprint density at radius 3 is 2.89 bits per heavy atom. The molecular formula is C18H24N4O3S2. The number of nitrogens with zero attached hydrogens (tertiary/aromatic N) is 3. The number of carbonyl (C=O) groups is 1. The minimum absolute atomic E-state index is 0.344. The highest BCUT2D eigenvalue weighted by Crippen LogP contribution is 2.28. The van der Waals surface area contributed by atoms with E-state index in [1.165, 1.54) is 18.4 Å². The number of esters is 1. The van der Waals surface area contributed by atoms with Crippen molar-refractivity contribution in [2.75, 3.05) is 38.6 Å². The normalized spacial score (nSPS) is 15.4. The number of hydrogen-bond acceptors (Lipinski definition) is 7. The zero-order chi connectivity index (χ0) is 19.4. The zero-order valence-corrected chi connectivity index (χ0v) is 17.4. The molecule has 0 saturated carbocycles. The second-order valence-corrected chi connectivity index (χ2v) is 7.86. The fraction of sp³-hybridized carbons (Fsp3) is 0.500. The van der Waals surface area contributed by atoms with Gasteiger partial charge in [-0.3, -0.25) is 4.90 Å². The number of aromatic nitrogens is 1. The maximum Gasteiger partial charge on any atom is 0.350 e. The second kappa shape index (κ2) is 8.81. The van der Waals surface area contributed by atoms with Gasteiger partial charge in [-0.25, -0.2) is 4.79 Å². The number of nitrogens with one attached hydrogen (secondary N) is 1. The molecule has 1 fully saturated rings. The number of thiocarbonyl (C=S) groups is 1. The summed E-state index contributed by atoms with van der Waals surface area (Å²) in [5.74, 6) is 0.489. The van der Waals surface area contributed by atoms with Crippen molar-refractivity contribution in [3.63, 3.8) is 0 Å². The molecule has 0 radical (unpaired) electrons. The summed E-state index contributed by atoms with van der Waals surface area (Å²) in [4.78, 5) is 17.0. The van der Waals surface area contributed by atoms with Crippen LogP contribution in [-0.2, 0) is 11.3 Å². The molecule has 0 aromatic carbocycles. The Morgan fingerprint density at radius 1 is 1.37 bits per heavy atom. The first kappa shape index (κ1) is 19.8. The highest BCUT2D eigenvalue weighted by Gasteiger charge is 2.22. The van der Waals surface area contributed by atoms with Crippen LogP contribution in [0.4, 0.5) is 5.69 Å². The Morgan fingerprint density at radius 2 is 2.19 bits per heavy atom. The highest BCUT2D eigenvalue weighted by atomic mass is 32.1. The summed E-state index contributed by atoms with van der Waals surface area (Å²) >= 11 is 6.98. The van der Waals surface area contributed by atoms with Gasteiger partial charge in [0.2, 0.25) is 0 Å². The molecule has 27 heavy (non-hydrogen) atoms. The van der Waals surface area contributed by atoms with E-state index in [-0.39, 0.29) is 5.97 Å². The van der Waals surface area contributed by atoms with Crippen LogP contribution >= 0.6 is 23.6 Å². The van der Waals surface area contributed by atoms with Gasteiger partial charge in [0, 0.05) is 38.8 Å². The van der Waals surface area contributed by atoms with Crippen molar-refractivity contribution < 1.29 is 14.1 Å². The Labute approximate surface area is 168 Å². The minimum atomic E-state index is -0.344. The van der Waals surface area contributed by atoms with Gasteiger partial charge < -0.3 is 19.5 Å². The van der Waals surface area contributed by atoms with Gasteiger partial charge in [-0.05, 0) is 43.4 Å². The van der Waals surface area contributed by atoms with Gasteiger partial charge in [0.15, 0.2) is 5.11 Å². The van der Waals surface area contributed by atoms with Crippen molar-refractivity contribution in [3.8, 4) is 0 Å². The van der Waals surface area contributed by atoms with E-state index >= 15 is 0 Å². The number of hydrogen-bond donors (Lipinski definition) is 1. The van der Waals surface area contributed by atoms with E-state index in [1.807, 2.05) is 25.3 Å². The van der Waals surface area contributed by atoms with Crippen molar-refractivity contribution in [2.24, 2.45) is 0 Å². The first-order chi connectivity index (χ1) is 13.0. The van der Waals surface area contributed by atoms with Gasteiger partial charge in [0.1, 0.15) is 10.6 Å². The molecule has 9 heteroatoms. The van der Waals surface area contributed by atoms with Crippen LogP contribution in [0.1, 0.15) is 33.1 Å². The van der Waals surface area contributed by atoms with Crippen molar-refractivity contribution in [1.82, 2.24) is 15.0 Å². The van der Waals surface area contributed by atoms with Crippen LogP contribution in [0, 0.1) is 13.8 Å². The van der Waals surface area contributed by atoms with Crippen LogP contribution in [0.15, 0.2) is 16.0 Å². The Kier molecular flexibility index (Phi) is 6.46. The van der Waals surface area contributed by atoms with E-state index in [0.29, 0.717) is 9.99 Å². The first-order valence-electron chi connectivity index (χ1n) is 8.85. The van der Waals surface area contributed by atoms with Crippen LogP contribution in [0.25, 0.3) is 0 Å². The second-order valence-electron chi connectivity index (χ2n) is 6.59. The van der Waals surface area contributed by atoms with Gasteiger partial charge in [0.05, 0.1) is 18.5 Å². The quantitative estimate of drug-likeness (QED) is 0.611. The molecule has 1 saturated heterocycles. The van der Waals surface area contributed by atoms with Crippen molar-refractivity contribution in [1.29, 1.82) is 0 Å². The molecule has 3 heterocycles. The first-order valence-corrected chi connectivity index (χ1v) is 10.1. The van der Waals surface area contributed by atoms with E-state index in [1.54, 1.807) is 0 Å². The third-order valence-electron chi connectivity index (χ3n) is 4.52. The molecule has 0 aliphatic carbocycles. The van der Waals surface area contributed by atoms with Crippen LogP contribution in [0.3, 0.4) is 0 Å². The molecule has 1 N–H and O–H groups in total. The summed E-state index contributed by atoms with van der Waals surface area (Å²) in [6.45, 7) is 8.20. The monoisotopic (exact) mass is 408 g/mol. The molecule has 0 unspecified atom stereocenters.